The highest BCUT2D eigenvalue weighted by atomic mass is 35.5. The number of amides is 2. The third-order valence-electron chi connectivity index (χ3n) is 6.42. The summed E-state index contributed by atoms with van der Waals surface area (Å²) in [6, 6.07) is 21.2. The van der Waals surface area contributed by atoms with Crippen LogP contribution in [0.25, 0.3) is 0 Å². The average Bonchev–Trinajstić information content (AvgIpc) is 2.97. The van der Waals surface area contributed by atoms with Gasteiger partial charge in [0.2, 0.25) is 0 Å². The Morgan fingerprint density at radius 1 is 0.667 bits per heavy atom. The third kappa shape index (κ3) is 6.16. The number of thioether (sulfide) groups is 2. The van der Waals surface area contributed by atoms with Crippen LogP contribution in [0.15, 0.2) is 82.6 Å². The van der Waals surface area contributed by atoms with Crippen LogP contribution in [-0.2, 0) is 0 Å². The molecular weight excluding hydrogens is 658 g/mol. The Kier molecular flexibility index (Phi) is 9.72. The van der Waals surface area contributed by atoms with E-state index in [-0.39, 0.29) is 49.2 Å². The quantitative estimate of drug-likeness (QED) is 0.214. The maximum Gasteiger partial charge on any atom is 0.262 e. The van der Waals surface area contributed by atoms with Crippen molar-refractivity contribution in [3.05, 3.63) is 104 Å². The van der Waals surface area contributed by atoms with Gasteiger partial charge in [-0.1, -0.05) is 70.7 Å². The maximum atomic E-state index is 14.0. The Labute approximate surface area is 271 Å². The highest BCUT2D eigenvalue weighted by Crippen LogP contribution is 2.42. The molecule has 4 aromatic carbocycles. The summed E-state index contributed by atoms with van der Waals surface area (Å²) in [5.74, 6) is 0.559. The molecule has 0 saturated heterocycles. The Morgan fingerprint density at radius 3 is 1.62 bits per heavy atom. The summed E-state index contributed by atoms with van der Waals surface area (Å²) < 4.78 is 10.5. The molecule has 0 fully saturated rings. The van der Waals surface area contributed by atoms with Gasteiger partial charge in [-0.05, 0) is 48.5 Å². The fourth-order valence-corrected chi connectivity index (χ4v) is 7.71. The number of ether oxygens (including phenoxy) is 2. The van der Waals surface area contributed by atoms with E-state index in [1.165, 1.54) is 37.7 Å². The van der Waals surface area contributed by atoms with Gasteiger partial charge in [0.25, 0.3) is 11.8 Å². The van der Waals surface area contributed by atoms with Crippen LogP contribution >= 0.6 is 69.9 Å². The zero-order valence-electron chi connectivity index (χ0n) is 22.2. The molecule has 2 amide bonds. The first kappa shape index (κ1) is 30.7. The van der Waals surface area contributed by atoms with Crippen LogP contribution in [0.2, 0.25) is 20.1 Å². The maximum absolute atomic E-state index is 14.0. The molecule has 0 radical (unpaired) electrons. The Morgan fingerprint density at radius 2 is 1.14 bits per heavy atom. The monoisotopic (exact) mass is 678 g/mol. The van der Waals surface area contributed by atoms with Gasteiger partial charge in [0.1, 0.15) is 5.75 Å². The lowest BCUT2D eigenvalue weighted by atomic mass is 10.1. The molecule has 1 aliphatic rings. The van der Waals surface area contributed by atoms with Crippen molar-refractivity contribution >= 4 is 93.1 Å². The number of fused-ring (bicyclic) bond motifs is 2. The summed E-state index contributed by atoms with van der Waals surface area (Å²) >= 11 is 28.6. The number of rotatable bonds is 4. The number of benzene rings is 4. The molecule has 0 atom stereocenters. The van der Waals surface area contributed by atoms with Crippen LogP contribution in [0, 0.1) is 0 Å². The number of halogens is 4. The molecule has 0 bridgehead atoms. The van der Waals surface area contributed by atoms with E-state index >= 15 is 0 Å². The second-order valence-electron chi connectivity index (χ2n) is 8.89. The van der Waals surface area contributed by atoms with Gasteiger partial charge in [0, 0.05) is 15.4 Å². The van der Waals surface area contributed by atoms with E-state index in [0.29, 0.717) is 28.4 Å². The van der Waals surface area contributed by atoms with Crippen molar-refractivity contribution < 1.29 is 19.1 Å². The van der Waals surface area contributed by atoms with Gasteiger partial charge in [-0.15, -0.1) is 23.5 Å². The predicted octanol–water partition coefficient (Wildman–Crippen LogP) is 9.42. The first-order valence-corrected chi connectivity index (χ1v) is 15.8. The minimum atomic E-state index is -0.360. The van der Waals surface area contributed by atoms with Gasteiger partial charge in [0.15, 0.2) is 5.75 Å². The lowest BCUT2D eigenvalue weighted by Crippen LogP contribution is -2.34. The van der Waals surface area contributed by atoms with Crippen molar-refractivity contribution in [2.24, 2.45) is 0 Å². The van der Waals surface area contributed by atoms with E-state index in [0.717, 1.165) is 9.79 Å². The second-order valence-corrected chi connectivity index (χ2v) is 12.5. The fraction of sp³-hybridized carbons (Fsp3) is 0.133. The van der Waals surface area contributed by atoms with Crippen molar-refractivity contribution in [3.63, 3.8) is 0 Å². The molecule has 1 heterocycles. The summed E-state index contributed by atoms with van der Waals surface area (Å²) in [7, 11) is 2.97. The zero-order valence-corrected chi connectivity index (χ0v) is 26.9. The Hall–Kier alpha value is -2.72. The fourth-order valence-electron chi connectivity index (χ4n) is 4.39. The van der Waals surface area contributed by atoms with E-state index in [1.807, 2.05) is 48.5 Å². The van der Waals surface area contributed by atoms with Gasteiger partial charge in [0.05, 0.1) is 63.0 Å². The summed E-state index contributed by atoms with van der Waals surface area (Å²) in [5, 5.41) is 0.844. The molecule has 216 valence electrons. The van der Waals surface area contributed by atoms with Crippen LogP contribution in [0.5, 0.6) is 11.5 Å². The van der Waals surface area contributed by atoms with Crippen molar-refractivity contribution in [1.29, 1.82) is 0 Å². The molecule has 1 aliphatic heterocycles. The van der Waals surface area contributed by atoms with Crippen molar-refractivity contribution in [1.82, 2.24) is 0 Å². The minimum Gasteiger partial charge on any atom is -0.497 e. The number of para-hydroxylation sites is 2. The van der Waals surface area contributed by atoms with E-state index in [4.69, 9.17) is 55.9 Å². The molecule has 6 nitrogen and oxygen atoms in total. The third-order valence-corrected chi connectivity index (χ3v) is 9.66. The predicted molar refractivity (Wildman–Crippen MR) is 174 cm³/mol. The molecule has 5 rings (SSSR count). The van der Waals surface area contributed by atoms with Crippen LogP contribution in [0.1, 0.15) is 20.7 Å². The molecule has 0 N–H and O–H groups in total. The summed E-state index contributed by atoms with van der Waals surface area (Å²) in [5.41, 5.74) is 1.83. The number of anilines is 2. The van der Waals surface area contributed by atoms with Gasteiger partial charge in [-0.2, -0.15) is 0 Å². The molecule has 0 unspecified atom stereocenters. The number of carbonyl (C=O) groups excluding carboxylic acids is 2. The zero-order chi connectivity index (χ0) is 30.0. The second kappa shape index (κ2) is 13.3. The summed E-state index contributed by atoms with van der Waals surface area (Å²) in [6.07, 6.45) is 0. The number of hydrogen-bond donors (Lipinski definition) is 0. The number of hydrogen-bond acceptors (Lipinski definition) is 6. The van der Waals surface area contributed by atoms with E-state index in [2.05, 4.69) is 0 Å². The molecule has 0 spiro atoms. The molecule has 0 saturated carbocycles. The van der Waals surface area contributed by atoms with E-state index in [1.54, 1.807) is 34.1 Å². The van der Waals surface area contributed by atoms with Crippen LogP contribution in [-0.4, -0.2) is 37.8 Å². The lowest BCUT2D eigenvalue weighted by Gasteiger charge is -2.30. The van der Waals surface area contributed by atoms with Crippen molar-refractivity contribution in [3.8, 4) is 11.5 Å². The van der Waals surface area contributed by atoms with Crippen molar-refractivity contribution in [2.45, 2.75) is 9.79 Å². The summed E-state index contributed by atoms with van der Waals surface area (Å²) in [4.78, 5) is 32.9. The topological polar surface area (TPSA) is 59.1 Å². The van der Waals surface area contributed by atoms with Crippen LogP contribution in [0.4, 0.5) is 11.4 Å². The normalized spacial score (nSPS) is 13.2. The van der Waals surface area contributed by atoms with E-state index < -0.39 is 0 Å². The van der Waals surface area contributed by atoms with Gasteiger partial charge in [-0.25, -0.2) is 0 Å². The summed E-state index contributed by atoms with van der Waals surface area (Å²) in [6.45, 7) is 0. The first-order chi connectivity index (χ1) is 20.2. The van der Waals surface area contributed by atoms with E-state index in [9.17, 15) is 9.59 Å². The Balaban J connectivity index is 1.57. The lowest BCUT2D eigenvalue weighted by molar-refractivity contribution is 0.0982. The molecule has 0 aliphatic carbocycles. The van der Waals surface area contributed by atoms with Crippen LogP contribution in [0.3, 0.4) is 0 Å². The molecule has 0 aromatic heterocycles. The number of carbonyl (C=O) groups is 2. The molecule has 4 aromatic rings. The standard InChI is InChI=1S/C30H22Cl4N2O4S2/c1-39-18-13-19(31)27(20(32)14-18)30(38)36-16-42-25-9-5-3-7-23(25)35(15-41-26-10-6-4-8-24(26)36)29(37)17-11-21(33)28(40-2)22(34)12-17/h3-14H,15-16H2,1-2H3. The highest BCUT2D eigenvalue weighted by molar-refractivity contribution is 8.00. The number of methoxy groups -OCH3 is 2. The SMILES string of the molecule is COc1cc(Cl)c(C(=O)N2CSc3ccccc3N(C(=O)c3cc(Cl)c(OC)c(Cl)c3)CSc3ccccc32)c(Cl)c1. The van der Waals surface area contributed by atoms with Gasteiger partial charge < -0.3 is 9.47 Å². The van der Waals surface area contributed by atoms with Crippen molar-refractivity contribution in [2.75, 3.05) is 35.8 Å². The van der Waals surface area contributed by atoms with Gasteiger partial charge in [-0.3, -0.25) is 19.4 Å². The largest absolute Gasteiger partial charge is 0.497 e. The Bertz CT molecular complexity index is 1640. The number of nitrogens with zero attached hydrogens (tertiary/aromatic N) is 2. The van der Waals surface area contributed by atoms with Crippen LogP contribution < -0.4 is 19.3 Å². The highest BCUT2D eigenvalue weighted by Gasteiger charge is 2.29. The first-order valence-electron chi connectivity index (χ1n) is 12.4. The average molecular weight is 680 g/mol. The molecule has 42 heavy (non-hydrogen) atoms. The molecule has 12 heteroatoms. The minimum absolute atomic E-state index is 0.176. The molecular formula is C30H22Cl4N2O4S2. The van der Waals surface area contributed by atoms with Gasteiger partial charge >= 0.3 is 0 Å². The smallest absolute Gasteiger partial charge is 0.262 e.